The van der Waals surface area contributed by atoms with Gasteiger partial charge < -0.3 is 5.32 Å². The van der Waals surface area contributed by atoms with Gasteiger partial charge in [0.1, 0.15) is 0 Å². The fourth-order valence-corrected chi connectivity index (χ4v) is 3.32. The van der Waals surface area contributed by atoms with Crippen LogP contribution in [0.25, 0.3) is 5.69 Å². The number of carbonyl (C=O) groups excluding carboxylic acids is 1. The summed E-state index contributed by atoms with van der Waals surface area (Å²) in [4.78, 5) is 29.1. The molecule has 3 aromatic rings. The lowest BCUT2D eigenvalue weighted by Gasteiger charge is -2.10. The molecule has 138 valence electrons. The number of hydrogen-bond acceptors (Lipinski definition) is 4. The van der Waals surface area contributed by atoms with Crippen molar-refractivity contribution in [1.29, 1.82) is 0 Å². The number of rotatable bonds is 5. The number of nitrogens with zero attached hydrogens (tertiary/aromatic N) is 2. The first kappa shape index (κ1) is 18.9. The van der Waals surface area contributed by atoms with E-state index < -0.39 is 0 Å². The zero-order chi connectivity index (χ0) is 19.4. The number of anilines is 1. The minimum Gasteiger partial charge on any atom is -0.325 e. The molecule has 0 fully saturated rings. The molecule has 2 aromatic carbocycles. The van der Waals surface area contributed by atoms with Gasteiger partial charge in [0.2, 0.25) is 5.91 Å². The van der Waals surface area contributed by atoms with Crippen LogP contribution >= 0.6 is 11.8 Å². The highest BCUT2D eigenvalue weighted by Gasteiger charge is 2.11. The summed E-state index contributed by atoms with van der Waals surface area (Å²) in [6.45, 7) is 6.01. The zero-order valence-electron chi connectivity index (χ0n) is 15.5. The predicted octanol–water partition coefficient (Wildman–Crippen LogP) is 3.89. The Morgan fingerprint density at radius 1 is 1.11 bits per heavy atom. The van der Waals surface area contributed by atoms with Crippen molar-refractivity contribution >= 4 is 23.4 Å². The van der Waals surface area contributed by atoms with Crippen LogP contribution < -0.4 is 10.9 Å². The summed E-state index contributed by atoms with van der Waals surface area (Å²) < 4.78 is 1.56. The van der Waals surface area contributed by atoms with Gasteiger partial charge in [-0.25, -0.2) is 4.98 Å². The summed E-state index contributed by atoms with van der Waals surface area (Å²) in [7, 11) is 0. The van der Waals surface area contributed by atoms with Gasteiger partial charge in [-0.15, -0.1) is 0 Å². The topological polar surface area (TPSA) is 64.0 Å². The Kier molecular flexibility index (Phi) is 5.76. The van der Waals surface area contributed by atoms with Gasteiger partial charge in [0.25, 0.3) is 5.56 Å². The minimum absolute atomic E-state index is 0.118. The lowest BCUT2D eigenvalue weighted by molar-refractivity contribution is -0.113. The Hall–Kier alpha value is -2.86. The van der Waals surface area contributed by atoms with Gasteiger partial charge in [-0.05, 0) is 61.7 Å². The fraction of sp³-hybridized carbons (Fsp3) is 0.190. The molecule has 1 heterocycles. The molecule has 0 unspecified atom stereocenters. The van der Waals surface area contributed by atoms with E-state index in [9.17, 15) is 9.59 Å². The van der Waals surface area contributed by atoms with Crippen molar-refractivity contribution in [1.82, 2.24) is 9.55 Å². The first-order valence-electron chi connectivity index (χ1n) is 8.58. The summed E-state index contributed by atoms with van der Waals surface area (Å²) in [5.41, 5.74) is 4.66. The van der Waals surface area contributed by atoms with Crippen LogP contribution in [0, 0.1) is 20.8 Å². The van der Waals surface area contributed by atoms with Gasteiger partial charge in [-0.2, -0.15) is 0 Å². The monoisotopic (exact) mass is 379 g/mol. The van der Waals surface area contributed by atoms with Gasteiger partial charge in [0.05, 0.1) is 5.75 Å². The Labute approximate surface area is 162 Å². The molecule has 6 heteroatoms. The molecule has 27 heavy (non-hydrogen) atoms. The zero-order valence-corrected chi connectivity index (χ0v) is 16.3. The third-order valence-corrected chi connectivity index (χ3v) is 5.18. The Bertz CT molecular complexity index is 1040. The molecular weight excluding hydrogens is 358 g/mol. The highest BCUT2D eigenvalue weighted by Crippen LogP contribution is 2.16. The SMILES string of the molecule is Cc1cccc(NC(=O)CSc2nccn(-c3ccc(C)c(C)c3)c2=O)c1. The van der Waals surface area contributed by atoms with E-state index in [4.69, 9.17) is 0 Å². The molecule has 0 radical (unpaired) electrons. The second kappa shape index (κ2) is 8.22. The highest BCUT2D eigenvalue weighted by atomic mass is 32.2. The van der Waals surface area contributed by atoms with Crippen LogP contribution in [0.4, 0.5) is 5.69 Å². The van der Waals surface area contributed by atoms with Gasteiger partial charge in [0, 0.05) is 23.8 Å². The molecule has 0 atom stereocenters. The Morgan fingerprint density at radius 3 is 2.67 bits per heavy atom. The molecule has 0 aliphatic rings. The molecule has 0 aliphatic heterocycles. The van der Waals surface area contributed by atoms with E-state index >= 15 is 0 Å². The molecule has 0 saturated heterocycles. The second-order valence-electron chi connectivity index (χ2n) is 6.38. The molecule has 0 bridgehead atoms. The number of aromatic nitrogens is 2. The maximum absolute atomic E-state index is 12.7. The van der Waals surface area contributed by atoms with E-state index in [-0.39, 0.29) is 17.2 Å². The van der Waals surface area contributed by atoms with Crippen LogP contribution in [0.5, 0.6) is 0 Å². The van der Waals surface area contributed by atoms with Gasteiger partial charge >= 0.3 is 0 Å². The first-order valence-corrected chi connectivity index (χ1v) is 9.57. The minimum atomic E-state index is -0.228. The van der Waals surface area contributed by atoms with Gasteiger partial charge in [-0.3, -0.25) is 14.2 Å². The van der Waals surface area contributed by atoms with Crippen molar-refractivity contribution < 1.29 is 4.79 Å². The molecular formula is C21H21N3O2S. The third kappa shape index (κ3) is 4.65. The number of benzene rings is 2. The van der Waals surface area contributed by atoms with Crippen molar-refractivity contribution in [3.8, 4) is 5.69 Å². The molecule has 0 aliphatic carbocycles. The number of hydrogen-bond donors (Lipinski definition) is 1. The maximum Gasteiger partial charge on any atom is 0.287 e. The molecule has 1 N–H and O–H groups in total. The van der Waals surface area contributed by atoms with E-state index in [1.165, 1.54) is 5.56 Å². The third-order valence-electron chi connectivity index (χ3n) is 4.22. The van der Waals surface area contributed by atoms with Crippen molar-refractivity contribution in [2.45, 2.75) is 25.8 Å². The molecule has 3 rings (SSSR count). The summed E-state index contributed by atoms with van der Waals surface area (Å²) in [5, 5.41) is 3.14. The summed E-state index contributed by atoms with van der Waals surface area (Å²) in [6.07, 6.45) is 3.22. The van der Waals surface area contributed by atoms with Gasteiger partial charge in [-0.1, -0.05) is 30.0 Å². The van der Waals surface area contributed by atoms with Crippen LogP contribution in [0.15, 0.2) is 64.7 Å². The number of nitrogens with one attached hydrogen (secondary N) is 1. The van der Waals surface area contributed by atoms with Crippen LogP contribution in [0.3, 0.4) is 0 Å². The summed E-state index contributed by atoms with van der Waals surface area (Å²) in [6, 6.07) is 13.4. The number of amides is 1. The second-order valence-corrected chi connectivity index (χ2v) is 7.35. The Morgan fingerprint density at radius 2 is 1.93 bits per heavy atom. The Balaban J connectivity index is 1.73. The normalized spacial score (nSPS) is 10.6. The maximum atomic E-state index is 12.7. The summed E-state index contributed by atoms with van der Waals surface area (Å²) >= 11 is 1.14. The largest absolute Gasteiger partial charge is 0.325 e. The molecule has 1 aromatic heterocycles. The molecule has 0 saturated carbocycles. The standard InChI is InChI=1S/C21H21N3O2S/c1-14-5-4-6-17(11-14)23-19(25)13-27-20-21(26)24(10-9-22-20)18-8-7-15(2)16(3)12-18/h4-12H,13H2,1-3H3,(H,23,25). The first-order chi connectivity index (χ1) is 12.9. The van der Waals surface area contributed by atoms with E-state index in [1.54, 1.807) is 17.0 Å². The average Bonchev–Trinajstić information content (AvgIpc) is 2.63. The number of aryl methyl sites for hydroxylation is 3. The molecule has 1 amide bonds. The van der Waals surface area contributed by atoms with Gasteiger partial charge in [0.15, 0.2) is 5.03 Å². The van der Waals surface area contributed by atoms with Crippen LogP contribution in [-0.4, -0.2) is 21.2 Å². The number of thioether (sulfide) groups is 1. The molecule has 5 nitrogen and oxygen atoms in total. The molecule has 0 spiro atoms. The van der Waals surface area contributed by atoms with E-state index in [0.717, 1.165) is 34.3 Å². The predicted molar refractivity (Wildman–Crippen MR) is 110 cm³/mol. The van der Waals surface area contributed by atoms with E-state index in [2.05, 4.69) is 10.3 Å². The van der Waals surface area contributed by atoms with E-state index in [1.807, 2.05) is 63.2 Å². The lowest BCUT2D eigenvalue weighted by atomic mass is 10.1. The van der Waals surface area contributed by atoms with Crippen molar-refractivity contribution in [3.63, 3.8) is 0 Å². The van der Waals surface area contributed by atoms with E-state index in [0.29, 0.717) is 5.03 Å². The lowest BCUT2D eigenvalue weighted by Crippen LogP contribution is -2.22. The average molecular weight is 379 g/mol. The smallest absolute Gasteiger partial charge is 0.287 e. The highest BCUT2D eigenvalue weighted by molar-refractivity contribution is 7.99. The van der Waals surface area contributed by atoms with Crippen LogP contribution in [-0.2, 0) is 4.79 Å². The summed E-state index contributed by atoms with van der Waals surface area (Å²) in [5.74, 6) is -0.0546. The van der Waals surface area contributed by atoms with Crippen LogP contribution in [0.1, 0.15) is 16.7 Å². The quantitative estimate of drug-likeness (QED) is 0.683. The fourth-order valence-electron chi connectivity index (χ4n) is 2.63. The van der Waals surface area contributed by atoms with Crippen molar-refractivity contribution in [2.75, 3.05) is 11.1 Å². The van der Waals surface area contributed by atoms with Crippen molar-refractivity contribution in [3.05, 3.63) is 81.9 Å². The van der Waals surface area contributed by atoms with Crippen LogP contribution in [0.2, 0.25) is 0 Å². The van der Waals surface area contributed by atoms with Crippen molar-refractivity contribution in [2.24, 2.45) is 0 Å². The number of carbonyl (C=O) groups is 1.